The van der Waals surface area contributed by atoms with Crippen molar-refractivity contribution >= 4 is 33.0 Å². The zero-order valence-electron chi connectivity index (χ0n) is 9.57. The molecule has 0 saturated heterocycles. The highest BCUT2D eigenvalue weighted by Gasteiger charge is 2.18. The second-order valence-corrected chi connectivity index (χ2v) is 5.02. The summed E-state index contributed by atoms with van der Waals surface area (Å²) in [6.07, 6.45) is 0. The molecule has 0 fully saturated rings. The Morgan fingerprint density at radius 1 is 1.38 bits per heavy atom. The number of rotatable bonds is 1. The molecule has 4 heteroatoms. The van der Waals surface area contributed by atoms with Crippen LogP contribution in [0.25, 0.3) is 10.1 Å². The Morgan fingerprint density at radius 2 is 2.06 bits per heavy atom. The fourth-order valence-electron chi connectivity index (χ4n) is 1.64. The number of nitrogen functional groups attached to an aromatic ring is 1. The summed E-state index contributed by atoms with van der Waals surface area (Å²) in [7, 11) is 3.47. The van der Waals surface area contributed by atoms with Gasteiger partial charge in [-0.2, -0.15) is 0 Å². The summed E-state index contributed by atoms with van der Waals surface area (Å²) in [4.78, 5) is 14.1. The quantitative estimate of drug-likeness (QED) is 0.824. The van der Waals surface area contributed by atoms with Gasteiger partial charge >= 0.3 is 0 Å². The highest BCUT2D eigenvalue weighted by Crippen LogP contribution is 2.35. The molecule has 0 saturated carbocycles. The first-order valence-electron chi connectivity index (χ1n) is 5.01. The van der Waals surface area contributed by atoms with E-state index in [1.54, 1.807) is 19.0 Å². The zero-order valence-corrected chi connectivity index (χ0v) is 10.4. The Kier molecular flexibility index (Phi) is 2.59. The highest BCUT2D eigenvalue weighted by atomic mass is 32.1. The van der Waals surface area contributed by atoms with E-state index < -0.39 is 0 Å². The number of amides is 1. The standard InChI is InChI=1S/C12H14N2OS/c1-7-5-4-6-8-9(13)11(16-10(7)8)12(15)14(2)3/h4-6H,13H2,1-3H3. The summed E-state index contributed by atoms with van der Waals surface area (Å²) in [5.74, 6) is -0.0295. The van der Waals surface area contributed by atoms with Crippen LogP contribution < -0.4 is 5.73 Å². The molecule has 0 radical (unpaired) electrons. The van der Waals surface area contributed by atoms with Crippen molar-refractivity contribution < 1.29 is 4.79 Å². The zero-order chi connectivity index (χ0) is 11.9. The number of hydrogen-bond donors (Lipinski definition) is 1. The van der Waals surface area contributed by atoms with Gasteiger partial charge in [-0.25, -0.2) is 0 Å². The van der Waals surface area contributed by atoms with Crippen LogP contribution in [0.3, 0.4) is 0 Å². The van der Waals surface area contributed by atoms with Crippen molar-refractivity contribution in [2.45, 2.75) is 6.92 Å². The molecule has 1 aromatic heterocycles. The second-order valence-electron chi connectivity index (χ2n) is 4.00. The molecule has 0 spiro atoms. The Morgan fingerprint density at radius 3 is 2.62 bits per heavy atom. The van der Waals surface area contributed by atoms with Gasteiger partial charge in [-0.3, -0.25) is 4.79 Å². The SMILES string of the molecule is Cc1cccc2c(N)c(C(=O)N(C)C)sc12. The number of aryl methyl sites for hydroxylation is 1. The van der Waals surface area contributed by atoms with Crippen LogP contribution in [-0.2, 0) is 0 Å². The summed E-state index contributed by atoms with van der Waals surface area (Å²) in [5, 5.41) is 0.982. The lowest BCUT2D eigenvalue weighted by Gasteiger charge is -2.08. The molecule has 2 rings (SSSR count). The minimum absolute atomic E-state index is 0.0295. The maximum atomic E-state index is 11.9. The normalized spacial score (nSPS) is 10.7. The van der Waals surface area contributed by atoms with E-state index in [4.69, 9.17) is 5.73 Å². The first-order valence-corrected chi connectivity index (χ1v) is 5.83. The van der Waals surface area contributed by atoms with Gasteiger partial charge in [-0.05, 0) is 12.5 Å². The minimum atomic E-state index is -0.0295. The van der Waals surface area contributed by atoms with Gasteiger partial charge in [0.25, 0.3) is 5.91 Å². The van der Waals surface area contributed by atoms with Gasteiger partial charge in [0.2, 0.25) is 0 Å². The smallest absolute Gasteiger partial charge is 0.265 e. The molecule has 2 aromatic rings. The summed E-state index contributed by atoms with van der Waals surface area (Å²) in [6, 6.07) is 5.95. The number of hydrogen-bond acceptors (Lipinski definition) is 3. The largest absolute Gasteiger partial charge is 0.397 e. The van der Waals surface area contributed by atoms with Crippen molar-refractivity contribution in [3.05, 3.63) is 28.6 Å². The van der Waals surface area contributed by atoms with Crippen LogP contribution in [0.5, 0.6) is 0 Å². The molecular formula is C12H14N2OS. The average molecular weight is 234 g/mol. The van der Waals surface area contributed by atoms with Crippen molar-refractivity contribution in [1.29, 1.82) is 0 Å². The van der Waals surface area contributed by atoms with Crippen LogP contribution >= 0.6 is 11.3 Å². The molecule has 3 nitrogen and oxygen atoms in total. The number of nitrogens with two attached hydrogens (primary N) is 1. The topological polar surface area (TPSA) is 46.3 Å². The van der Waals surface area contributed by atoms with Crippen molar-refractivity contribution in [3.63, 3.8) is 0 Å². The Labute approximate surface area is 98.5 Å². The predicted molar refractivity (Wildman–Crippen MR) is 69.0 cm³/mol. The second kappa shape index (κ2) is 3.79. The van der Waals surface area contributed by atoms with Crippen molar-refractivity contribution in [1.82, 2.24) is 4.90 Å². The molecule has 16 heavy (non-hydrogen) atoms. The molecule has 0 aliphatic carbocycles. The Hall–Kier alpha value is -1.55. The van der Waals surface area contributed by atoms with Crippen LogP contribution in [-0.4, -0.2) is 24.9 Å². The first-order chi connectivity index (χ1) is 7.52. The lowest BCUT2D eigenvalue weighted by molar-refractivity contribution is 0.0833. The van der Waals surface area contributed by atoms with Crippen LogP contribution in [0.4, 0.5) is 5.69 Å². The van der Waals surface area contributed by atoms with Crippen LogP contribution in [0.2, 0.25) is 0 Å². The van der Waals surface area contributed by atoms with Crippen LogP contribution in [0.15, 0.2) is 18.2 Å². The molecule has 84 valence electrons. The summed E-state index contributed by atoms with van der Waals surface area (Å²) in [5.41, 5.74) is 7.77. The third-order valence-corrected chi connectivity index (χ3v) is 3.90. The van der Waals surface area contributed by atoms with Gasteiger partial charge in [-0.1, -0.05) is 18.2 Å². The molecule has 0 aliphatic rings. The first kappa shape index (κ1) is 11.0. The van der Waals surface area contributed by atoms with Gasteiger partial charge < -0.3 is 10.6 Å². The fourth-order valence-corrected chi connectivity index (χ4v) is 2.85. The number of fused-ring (bicyclic) bond motifs is 1. The van der Waals surface area contributed by atoms with Gasteiger partial charge in [-0.15, -0.1) is 11.3 Å². The number of carbonyl (C=O) groups excluding carboxylic acids is 1. The summed E-state index contributed by atoms with van der Waals surface area (Å²) in [6.45, 7) is 2.03. The third kappa shape index (κ3) is 1.55. The van der Waals surface area contributed by atoms with Crippen molar-refractivity contribution in [3.8, 4) is 0 Å². The van der Waals surface area contributed by atoms with E-state index in [2.05, 4.69) is 0 Å². The van der Waals surface area contributed by atoms with Gasteiger partial charge in [0.15, 0.2) is 0 Å². The van der Waals surface area contributed by atoms with E-state index in [9.17, 15) is 4.79 Å². The molecule has 1 heterocycles. The molecule has 1 amide bonds. The lowest BCUT2D eigenvalue weighted by Crippen LogP contribution is -2.21. The van der Waals surface area contributed by atoms with E-state index in [0.717, 1.165) is 15.6 Å². The Balaban J connectivity index is 2.69. The van der Waals surface area contributed by atoms with Gasteiger partial charge in [0, 0.05) is 24.2 Å². The molecule has 2 N–H and O–H groups in total. The molecule has 0 bridgehead atoms. The minimum Gasteiger partial charge on any atom is -0.397 e. The number of carbonyl (C=O) groups is 1. The average Bonchev–Trinajstić information content (AvgIpc) is 2.57. The van der Waals surface area contributed by atoms with Crippen molar-refractivity contribution in [2.75, 3.05) is 19.8 Å². The molecule has 1 aromatic carbocycles. The lowest BCUT2D eigenvalue weighted by atomic mass is 10.1. The number of thiophene rings is 1. The maximum Gasteiger partial charge on any atom is 0.265 e. The van der Waals surface area contributed by atoms with Gasteiger partial charge in [0.05, 0.1) is 5.69 Å². The summed E-state index contributed by atoms with van der Waals surface area (Å²) >= 11 is 1.47. The number of nitrogens with zero attached hydrogens (tertiary/aromatic N) is 1. The fraction of sp³-hybridized carbons (Fsp3) is 0.250. The molecule has 0 unspecified atom stereocenters. The third-order valence-electron chi connectivity index (χ3n) is 2.55. The Bertz CT molecular complexity index is 557. The van der Waals surface area contributed by atoms with E-state index >= 15 is 0 Å². The maximum absolute atomic E-state index is 11.9. The van der Waals surface area contributed by atoms with E-state index in [1.807, 2.05) is 25.1 Å². The number of anilines is 1. The van der Waals surface area contributed by atoms with Crippen molar-refractivity contribution in [2.24, 2.45) is 0 Å². The predicted octanol–water partition coefficient (Wildman–Crippen LogP) is 2.49. The number of benzene rings is 1. The molecular weight excluding hydrogens is 220 g/mol. The van der Waals surface area contributed by atoms with Crippen LogP contribution in [0, 0.1) is 6.92 Å². The van der Waals surface area contributed by atoms with E-state index in [1.165, 1.54) is 11.3 Å². The summed E-state index contributed by atoms with van der Waals surface area (Å²) < 4.78 is 1.10. The monoisotopic (exact) mass is 234 g/mol. The molecule has 0 aliphatic heterocycles. The van der Waals surface area contributed by atoms with E-state index in [0.29, 0.717) is 10.6 Å². The molecule has 0 atom stereocenters. The highest BCUT2D eigenvalue weighted by molar-refractivity contribution is 7.21. The van der Waals surface area contributed by atoms with Crippen LogP contribution in [0.1, 0.15) is 15.2 Å². The van der Waals surface area contributed by atoms with Gasteiger partial charge in [0.1, 0.15) is 4.88 Å². The van der Waals surface area contributed by atoms with E-state index in [-0.39, 0.29) is 5.91 Å².